The maximum Gasteiger partial charge on any atom is 0.305 e. The Hall–Kier alpha value is -2.12. The van der Waals surface area contributed by atoms with Gasteiger partial charge in [0.25, 0.3) is 0 Å². The molecule has 1 aromatic heterocycles. The zero-order chi connectivity index (χ0) is 20.2. The fourth-order valence-corrected chi connectivity index (χ4v) is 2.83. The molecule has 0 aliphatic rings. The van der Waals surface area contributed by atoms with E-state index in [2.05, 4.69) is 9.97 Å². The van der Waals surface area contributed by atoms with Gasteiger partial charge < -0.3 is 18.9 Å². The molecule has 2 rings (SSSR count). The van der Waals surface area contributed by atoms with Gasteiger partial charge in [0.1, 0.15) is 18.1 Å². The SMILES string of the molecule is CCOC(=O)CCCCCCOc1cc2ncnc(Cl)c2cc1OCCOC. The van der Waals surface area contributed by atoms with Gasteiger partial charge in [-0.2, -0.15) is 0 Å². The minimum absolute atomic E-state index is 0.131. The van der Waals surface area contributed by atoms with Crippen LogP contribution in [-0.4, -0.2) is 49.5 Å². The van der Waals surface area contributed by atoms with E-state index in [-0.39, 0.29) is 5.97 Å². The van der Waals surface area contributed by atoms with Crippen LogP contribution in [0.15, 0.2) is 18.5 Å². The van der Waals surface area contributed by atoms with E-state index in [1.807, 2.05) is 13.0 Å². The highest BCUT2D eigenvalue weighted by Crippen LogP contribution is 2.34. The smallest absolute Gasteiger partial charge is 0.305 e. The van der Waals surface area contributed by atoms with Crippen LogP contribution in [0.4, 0.5) is 0 Å². The van der Waals surface area contributed by atoms with E-state index in [0.29, 0.717) is 60.4 Å². The average molecular weight is 411 g/mol. The number of nitrogens with zero attached hydrogens (tertiary/aromatic N) is 2. The van der Waals surface area contributed by atoms with Gasteiger partial charge in [-0.25, -0.2) is 9.97 Å². The van der Waals surface area contributed by atoms with Gasteiger partial charge in [0.15, 0.2) is 11.5 Å². The zero-order valence-corrected chi connectivity index (χ0v) is 17.2. The topological polar surface area (TPSA) is 79.8 Å². The van der Waals surface area contributed by atoms with Crippen molar-refractivity contribution in [1.82, 2.24) is 9.97 Å². The van der Waals surface area contributed by atoms with Gasteiger partial charge in [0, 0.05) is 25.0 Å². The quantitative estimate of drug-likeness (QED) is 0.278. The molecule has 8 heteroatoms. The third-order valence-corrected chi connectivity index (χ3v) is 4.34. The van der Waals surface area contributed by atoms with Crippen molar-refractivity contribution < 1.29 is 23.7 Å². The van der Waals surface area contributed by atoms with Crippen LogP contribution >= 0.6 is 11.6 Å². The summed E-state index contributed by atoms with van der Waals surface area (Å²) in [5, 5.41) is 1.08. The van der Waals surface area contributed by atoms with Crippen LogP contribution in [0.5, 0.6) is 11.5 Å². The van der Waals surface area contributed by atoms with Crippen molar-refractivity contribution in [1.29, 1.82) is 0 Å². The van der Waals surface area contributed by atoms with Crippen LogP contribution in [0.2, 0.25) is 5.15 Å². The molecule has 0 unspecified atom stereocenters. The minimum atomic E-state index is -0.131. The first kappa shape index (κ1) is 22.2. The molecule has 0 spiro atoms. The number of unbranched alkanes of at least 4 members (excludes halogenated alkanes) is 3. The number of aromatic nitrogens is 2. The molecular weight excluding hydrogens is 384 g/mol. The van der Waals surface area contributed by atoms with Gasteiger partial charge in [-0.15, -0.1) is 0 Å². The molecule has 0 N–H and O–H groups in total. The van der Waals surface area contributed by atoms with Crippen LogP contribution in [0, 0.1) is 0 Å². The first-order chi connectivity index (χ1) is 13.7. The van der Waals surface area contributed by atoms with Gasteiger partial charge in [0.2, 0.25) is 0 Å². The van der Waals surface area contributed by atoms with Crippen molar-refractivity contribution in [3.63, 3.8) is 0 Å². The molecule has 0 atom stereocenters. The molecule has 0 aliphatic heterocycles. The molecule has 0 aliphatic carbocycles. The maximum atomic E-state index is 11.3. The molecule has 1 heterocycles. The summed E-state index contributed by atoms with van der Waals surface area (Å²) in [7, 11) is 1.62. The lowest BCUT2D eigenvalue weighted by atomic mass is 10.1. The Kier molecular flexibility index (Phi) is 9.79. The highest BCUT2D eigenvalue weighted by Gasteiger charge is 2.11. The Balaban J connectivity index is 1.87. The largest absolute Gasteiger partial charge is 0.490 e. The number of halogens is 1. The van der Waals surface area contributed by atoms with E-state index in [0.717, 1.165) is 25.7 Å². The number of rotatable bonds is 13. The molecule has 0 bridgehead atoms. The number of ether oxygens (including phenoxy) is 4. The van der Waals surface area contributed by atoms with Gasteiger partial charge >= 0.3 is 5.97 Å². The summed E-state index contributed by atoms with van der Waals surface area (Å²) in [6.07, 6.45) is 5.53. The van der Waals surface area contributed by atoms with Gasteiger partial charge in [0.05, 0.1) is 25.3 Å². The van der Waals surface area contributed by atoms with Crippen LogP contribution in [-0.2, 0) is 14.3 Å². The number of carbonyl (C=O) groups is 1. The van der Waals surface area contributed by atoms with Crippen LogP contribution < -0.4 is 9.47 Å². The van der Waals surface area contributed by atoms with E-state index < -0.39 is 0 Å². The molecule has 2 aromatic rings. The summed E-state index contributed by atoms with van der Waals surface area (Å²) < 4.78 is 21.6. The Labute approximate surface area is 170 Å². The molecule has 0 fully saturated rings. The summed E-state index contributed by atoms with van der Waals surface area (Å²) in [5.41, 5.74) is 0.698. The standard InChI is InChI=1S/C20H27ClN2O5/c1-3-26-19(24)8-6-4-5-7-9-27-18-13-16-15(20(21)23-14-22-16)12-17(18)28-11-10-25-2/h12-14H,3-11H2,1-2H3. The molecule has 1 aromatic carbocycles. The number of benzene rings is 1. The number of fused-ring (bicyclic) bond motifs is 1. The average Bonchev–Trinajstić information content (AvgIpc) is 2.68. The first-order valence-electron chi connectivity index (χ1n) is 9.50. The fourth-order valence-electron chi connectivity index (χ4n) is 2.63. The lowest BCUT2D eigenvalue weighted by Gasteiger charge is -2.14. The Morgan fingerprint density at radius 1 is 1.00 bits per heavy atom. The molecule has 0 radical (unpaired) electrons. The van der Waals surface area contributed by atoms with Crippen molar-refractivity contribution in [2.24, 2.45) is 0 Å². The number of methoxy groups -OCH3 is 1. The van der Waals surface area contributed by atoms with E-state index in [1.54, 1.807) is 13.2 Å². The number of esters is 1. The third-order valence-electron chi connectivity index (χ3n) is 4.04. The Bertz CT molecular complexity index is 757. The second kappa shape index (κ2) is 12.4. The molecule has 7 nitrogen and oxygen atoms in total. The monoisotopic (exact) mass is 410 g/mol. The van der Waals surface area contributed by atoms with Crippen LogP contribution in [0.1, 0.15) is 39.0 Å². The van der Waals surface area contributed by atoms with Crippen LogP contribution in [0.25, 0.3) is 10.9 Å². The number of hydrogen-bond acceptors (Lipinski definition) is 7. The number of carbonyl (C=O) groups excluding carboxylic acids is 1. The van der Waals surface area contributed by atoms with Crippen molar-refractivity contribution in [2.75, 3.05) is 33.5 Å². The van der Waals surface area contributed by atoms with Gasteiger partial charge in [-0.05, 0) is 25.8 Å². The lowest BCUT2D eigenvalue weighted by molar-refractivity contribution is -0.143. The van der Waals surface area contributed by atoms with E-state index in [9.17, 15) is 4.79 Å². The summed E-state index contributed by atoms with van der Waals surface area (Å²) >= 11 is 6.15. The first-order valence-corrected chi connectivity index (χ1v) is 9.88. The summed E-state index contributed by atoms with van der Waals surface area (Å²) in [6, 6.07) is 3.60. The van der Waals surface area contributed by atoms with Crippen molar-refractivity contribution >= 4 is 28.5 Å². The molecular formula is C20H27ClN2O5. The normalized spacial score (nSPS) is 10.8. The second-order valence-corrected chi connectivity index (χ2v) is 6.50. The molecule has 0 amide bonds. The summed E-state index contributed by atoms with van der Waals surface area (Å²) in [6.45, 7) is 3.66. The molecule has 0 saturated heterocycles. The van der Waals surface area contributed by atoms with E-state index in [4.69, 9.17) is 30.5 Å². The van der Waals surface area contributed by atoms with Gasteiger partial charge in [-0.1, -0.05) is 24.4 Å². The summed E-state index contributed by atoms with van der Waals surface area (Å²) in [5.74, 6) is 1.07. The highest BCUT2D eigenvalue weighted by atomic mass is 35.5. The number of hydrogen-bond donors (Lipinski definition) is 0. The second-order valence-electron chi connectivity index (χ2n) is 6.14. The fraction of sp³-hybridized carbons (Fsp3) is 0.550. The van der Waals surface area contributed by atoms with Crippen LogP contribution in [0.3, 0.4) is 0 Å². The summed E-state index contributed by atoms with van der Waals surface area (Å²) in [4.78, 5) is 19.5. The molecule has 28 heavy (non-hydrogen) atoms. The van der Waals surface area contributed by atoms with Gasteiger partial charge in [-0.3, -0.25) is 4.79 Å². The maximum absolute atomic E-state index is 11.3. The van der Waals surface area contributed by atoms with Crippen molar-refractivity contribution in [3.05, 3.63) is 23.6 Å². The van der Waals surface area contributed by atoms with E-state index >= 15 is 0 Å². The zero-order valence-electron chi connectivity index (χ0n) is 16.4. The predicted molar refractivity (Wildman–Crippen MR) is 107 cm³/mol. The van der Waals surface area contributed by atoms with Crippen molar-refractivity contribution in [3.8, 4) is 11.5 Å². The highest BCUT2D eigenvalue weighted by molar-refractivity contribution is 6.34. The molecule has 0 saturated carbocycles. The predicted octanol–water partition coefficient (Wildman–Crippen LogP) is 4.20. The van der Waals surface area contributed by atoms with E-state index in [1.165, 1.54) is 6.33 Å². The van der Waals surface area contributed by atoms with Crippen molar-refractivity contribution in [2.45, 2.75) is 39.0 Å². The minimum Gasteiger partial charge on any atom is -0.490 e. The lowest BCUT2D eigenvalue weighted by Crippen LogP contribution is -2.07. The third kappa shape index (κ3) is 7.13. The Morgan fingerprint density at radius 3 is 2.54 bits per heavy atom. The Morgan fingerprint density at radius 2 is 1.75 bits per heavy atom. The molecule has 154 valence electrons.